The molecule has 3 rings (SSSR count). The van der Waals surface area contributed by atoms with Crippen molar-refractivity contribution in [2.24, 2.45) is 0 Å². The molecule has 1 fully saturated rings. The fraction of sp³-hybridized carbons (Fsp3) is 0.350. The first-order chi connectivity index (χ1) is 12.2. The number of nitrogens with zero attached hydrogens (tertiary/aromatic N) is 1. The number of methoxy groups -OCH3 is 1. The molecule has 2 aromatic carbocycles. The van der Waals surface area contributed by atoms with Gasteiger partial charge < -0.3 is 15.4 Å². The molecular weight excluding hydrogens is 314 g/mol. The van der Waals surface area contributed by atoms with Crippen LogP contribution in [-0.4, -0.2) is 37.6 Å². The van der Waals surface area contributed by atoms with Gasteiger partial charge in [-0.1, -0.05) is 30.3 Å². The molecular formula is C20H25N3O2. The normalized spacial score (nSPS) is 17.9. The zero-order chi connectivity index (χ0) is 17.6. The Hall–Kier alpha value is -2.37. The third-order valence-corrected chi connectivity index (χ3v) is 4.49. The maximum absolute atomic E-state index is 11.3. The lowest BCUT2D eigenvalue weighted by atomic mass is 10.0. The second-order valence-corrected chi connectivity index (χ2v) is 6.31. The maximum atomic E-state index is 11.3. The molecule has 1 saturated heterocycles. The number of hydrogen-bond donors (Lipinski definition) is 2. The number of piperazine rings is 1. The van der Waals surface area contributed by atoms with E-state index in [0.29, 0.717) is 0 Å². The van der Waals surface area contributed by atoms with Gasteiger partial charge in [-0.15, -0.1) is 0 Å². The summed E-state index contributed by atoms with van der Waals surface area (Å²) in [4.78, 5) is 13.7. The van der Waals surface area contributed by atoms with Crippen molar-refractivity contribution in [2.75, 3.05) is 32.1 Å². The topological polar surface area (TPSA) is 53.6 Å². The summed E-state index contributed by atoms with van der Waals surface area (Å²) in [6.07, 6.45) is 0. The highest BCUT2D eigenvalue weighted by Gasteiger charge is 2.26. The van der Waals surface area contributed by atoms with Crippen LogP contribution in [0.15, 0.2) is 48.5 Å². The van der Waals surface area contributed by atoms with Gasteiger partial charge in [-0.3, -0.25) is 9.69 Å². The van der Waals surface area contributed by atoms with E-state index in [1.165, 1.54) is 18.1 Å². The van der Waals surface area contributed by atoms with Gasteiger partial charge in [0.25, 0.3) is 0 Å². The molecule has 132 valence electrons. The van der Waals surface area contributed by atoms with Gasteiger partial charge in [0.15, 0.2) is 0 Å². The van der Waals surface area contributed by atoms with Gasteiger partial charge in [0, 0.05) is 44.4 Å². The van der Waals surface area contributed by atoms with Crippen molar-refractivity contribution in [2.45, 2.75) is 19.5 Å². The Morgan fingerprint density at radius 2 is 2.12 bits per heavy atom. The first kappa shape index (κ1) is 17.5. The molecule has 0 aliphatic carbocycles. The molecule has 2 N–H and O–H groups in total. The molecule has 1 heterocycles. The Labute approximate surface area is 149 Å². The van der Waals surface area contributed by atoms with Crippen LogP contribution in [0.5, 0.6) is 5.75 Å². The van der Waals surface area contributed by atoms with Crippen molar-refractivity contribution in [1.29, 1.82) is 0 Å². The van der Waals surface area contributed by atoms with E-state index in [1.54, 1.807) is 7.11 Å². The van der Waals surface area contributed by atoms with Gasteiger partial charge in [0.2, 0.25) is 5.91 Å². The van der Waals surface area contributed by atoms with Gasteiger partial charge in [0.05, 0.1) is 13.2 Å². The summed E-state index contributed by atoms with van der Waals surface area (Å²) >= 11 is 0. The van der Waals surface area contributed by atoms with Crippen molar-refractivity contribution < 1.29 is 9.53 Å². The minimum absolute atomic E-state index is 0.0498. The summed E-state index contributed by atoms with van der Waals surface area (Å²) in [5.74, 6) is 0.874. The van der Waals surface area contributed by atoms with Crippen LogP contribution in [0.3, 0.4) is 0 Å². The van der Waals surface area contributed by atoms with Crippen molar-refractivity contribution in [1.82, 2.24) is 10.2 Å². The first-order valence-corrected chi connectivity index (χ1v) is 8.61. The largest absolute Gasteiger partial charge is 0.496 e. The lowest BCUT2D eigenvalue weighted by molar-refractivity contribution is -0.114. The quantitative estimate of drug-likeness (QED) is 0.879. The third kappa shape index (κ3) is 4.38. The minimum atomic E-state index is -0.0498. The molecule has 25 heavy (non-hydrogen) atoms. The number of ether oxygens (including phenoxy) is 1. The highest BCUT2D eigenvalue weighted by atomic mass is 16.5. The van der Waals surface area contributed by atoms with Crippen LogP contribution in [-0.2, 0) is 11.3 Å². The molecule has 5 nitrogen and oxygen atoms in total. The van der Waals surface area contributed by atoms with Crippen LogP contribution in [0.4, 0.5) is 5.69 Å². The van der Waals surface area contributed by atoms with Crippen LogP contribution in [0.25, 0.3) is 0 Å². The number of carbonyl (C=O) groups excluding carboxylic acids is 1. The van der Waals surface area contributed by atoms with E-state index in [4.69, 9.17) is 4.74 Å². The number of rotatable bonds is 5. The van der Waals surface area contributed by atoms with E-state index in [-0.39, 0.29) is 11.9 Å². The highest BCUT2D eigenvalue weighted by Crippen LogP contribution is 2.31. The summed E-state index contributed by atoms with van der Waals surface area (Å²) in [5.41, 5.74) is 3.23. The molecule has 0 saturated carbocycles. The third-order valence-electron chi connectivity index (χ3n) is 4.49. The predicted octanol–water partition coefficient (Wildman–Crippen LogP) is 2.80. The van der Waals surface area contributed by atoms with E-state index in [9.17, 15) is 4.79 Å². The second kappa shape index (κ2) is 8.14. The number of para-hydroxylation sites is 1. The van der Waals surface area contributed by atoms with E-state index >= 15 is 0 Å². The molecule has 1 aliphatic heterocycles. The number of benzene rings is 2. The Morgan fingerprint density at radius 3 is 2.92 bits per heavy atom. The van der Waals surface area contributed by atoms with Crippen LogP contribution < -0.4 is 15.4 Å². The monoisotopic (exact) mass is 339 g/mol. The minimum Gasteiger partial charge on any atom is -0.496 e. The average molecular weight is 339 g/mol. The van der Waals surface area contributed by atoms with Gasteiger partial charge >= 0.3 is 0 Å². The lowest BCUT2D eigenvalue weighted by Crippen LogP contribution is -2.45. The summed E-state index contributed by atoms with van der Waals surface area (Å²) in [7, 11) is 1.72. The Morgan fingerprint density at radius 1 is 1.28 bits per heavy atom. The molecule has 1 aliphatic rings. The van der Waals surface area contributed by atoms with E-state index in [0.717, 1.165) is 37.6 Å². The highest BCUT2D eigenvalue weighted by molar-refractivity contribution is 5.88. The van der Waals surface area contributed by atoms with Crippen molar-refractivity contribution in [3.8, 4) is 5.75 Å². The summed E-state index contributed by atoms with van der Waals surface area (Å²) in [6.45, 7) is 5.19. The van der Waals surface area contributed by atoms with Gasteiger partial charge in [0.1, 0.15) is 5.75 Å². The standard InChI is InChI=1S/C20H25N3O2/c1-15(24)22-17-7-5-6-16(12-17)14-23-11-10-21-13-19(23)18-8-3-4-9-20(18)25-2/h3-9,12,19,21H,10-11,13-14H2,1-2H3,(H,22,24). The van der Waals surface area contributed by atoms with Crippen molar-refractivity contribution in [3.63, 3.8) is 0 Å². The smallest absolute Gasteiger partial charge is 0.221 e. The van der Waals surface area contributed by atoms with Crippen LogP contribution in [0, 0.1) is 0 Å². The second-order valence-electron chi connectivity index (χ2n) is 6.31. The first-order valence-electron chi connectivity index (χ1n) is 8.61. The molecule has 1 amide bonds. The SMILES string of the molecule is COc1ccccc1C1CNCCN1Cc1cccc(NC(C)=O)c1. The van der Waals surface area contributed by atoms with Crippen LogP contribution in [0.2, 0.25) is 0 Å². The Bertz CT molecular complexity index is 732. The Kier molecular flexibility index (Phi) is 5.68. The number of nitrogens with one attached hydrogen (secondary N) is 2. The lowest BCUT2D eigenvalue weighted by Gasteiger charge is -2.37. The molecule has 0 bridgehead atoms. The molecule has 5 heteroatoms. The predicted molar refractivity (Wildman–Crippen MR) is 99.8 cm³/mol. The zero-order valence-corrected chi connectivity index (χ0v) is 14.8. The fourth-order valence-electron chi connectivity index (χ4n) is 3.37. The van der Waals surface area contributed by atoms with E-state index in [1.807, 2.05) is 30.3 Å². The number of carbonyl (C=O) groups is 1. The van der Waals surface area contributed by atoms with Gasteiger partial charge in [-0.05, 0) is 23.8 Å². The molecule has 0 spiro atoms. The zero-order valence-electron chi connectivity index (χ0n) is 14.8. The number of amides is 1. The van der Waals surface area contributed by atoms with Crippen molar-refractivity contribution >= 4 is 11.6 Å². The molecule has 0 radical (unpaired) electrons. The molecule has 2 aromatic rings. The van der Waals surface area contributed by atoms with Gasteiger partial charge in [-0.2, -0.15) is 0 Å². The maximum Gasteiger partial charge on any atom is 0.221 e. The molecule has 1 unspecified atom stereocenters. The number of anilines is 1. The van der Waals surface area contributed by atoms with Crippen molar-refractivity contribution in [3.05, 3.63) is 59.7 Å². The summed E-state index contributed by atoms with van der Waals surface area (Å²) < 4.78 is 5.56. The van der Waals surface area contributed by atoms with E-state index in [2.05, 4.69) is 33.7 Å². The van der Waals surface area contributed by atoms with E-state index < -0.39 is 0 Å². The van der Waals surface area contributed by atoms with Crippen LogP contribution in [0.1, 0.15) is 24.1 Å². The average Bonchev–Trinajstić information content (AvgIpc) is 2.62. The number of hydrogen-bond acceptors (Lipinski definition) is 4. The Balaban J connectivity index is 1.81. The van der Waals surface area contributed by atoms with Gasteiger partial charge in [-0.25, -0.2) is 0 Å². The summed E-state index contributed by atoms with van der Waals surface area (Å²) in [6, 6.07) is 16.5. The molecule has 1 atom stereocenters. The molecule has 0 aromatic heterocycles. The fourth-order valence-corrected chi connectivity index (χ4v) is 3.37. The van der Waals surface area contributed by atoms with Crippen LogP contribution >= 0.6 is 0 Å². The summed E-state index contributed by atoms with van der Waals surface area (Å²) in [5, 5.41) is 6.34.